The SMILES string of the molecule is Cc1nnc2c(N3CCN(C(=O)c4cccc(C#N)c4)CC3)nccn12. The summed E-state index contributed by atoms with van der Waals surface area (Å²) in [6.07, 6.45) is 3.58. The van der Waals surface area contributed by atoms with Crippen molar-refractivity contribution in [3.63, 3.8) is 0 Å². The Morgan fingerprint density at radius 3 is 2.77 bits per heavy atom. The van der Waals surface area contributed by atoms with Crippen LogP contribution in [0.25, 0.3) is 5.65 Å². The Hall–Kier alpha value is -3.47. The lowest BCUT2D eigenvalue weighted by molar-refractivity contribution is 0.0746. The van der Waals surface area contributed by atoms with Crippen LogP contribution in [0.2, 0.25) is 0 Å². The van der Waals surface area contributed by atoms with E-state index >= 15 is 0 Å². The number of hydrogen-bond donors (Lipinski definition) is 0. The smallest absolute Gasteiger partial charge is 0.254 e. The number of nitrogens with zero attached hydrogens (tertiary/aromatic N) is 7. The molecule has 0 unspecified atom stereocenters. The van der Waals surface area contributed by atoms with Crippen LogP contribution in [0.3, 0.4) is 0 Å². The number of carbonyl (C=O) groups is 1. The number of nitriles is 1. The number of fused-ring (bicyclic) bond motifs is 1. The minimum atomic E-state index is -0.0498. The molecule has 4 rings (SSSR count). The molecule has 8 heteroatoms. The van der Waals surface area contributed by atoms with E-state index in [1.807, 2.05) is 22.4 Å². The Morgan fingerprint density at radius 1 is 1.19 bits per heavy atom. The van der Waals surface area contributed by atoms with Gasteiger partial charge >= 0.3 is 0 Å². The molecule has 0 N–H and O–H groups in total. The van der Waals surface area contributed by atoms with Crippen LogP contribution in [-0.4, -0.2) is 56.6 Å². The second-order valence-corrected chi connectivity index (χ2v) is 6.16. The molecule has 26 heavy (non-hydrogen) atoms. The van der Waals surface area contributed by atoms with Crippen molar-refractivity contribution in [1.29, 1.82) is 5.26 Å². The van der Waals surface area contributed by atoms with Gasteiger partial charge in [0.15, 0.2) is 5.82 Å². The molecule has 1 aromatic carbocycles. The van der Waals surface area contributed by atoms with Crippen molar-refractivity contribution in [2.45, 2.75) is 6.92 Å². The molecule has 0 aliphatic carbocycles. The zero-order valence-electron chi connectivity index (χ0n) is 14.3. The third-order valence-corrected chi connectivity index (χ3v) is 4.58. The lowest BCUT2D eigenvalue weighted by Crippen LogP contribution is -2.49. The van der Waals surface area contributed by atoms with E-state index < -0.39 is 0 Å². The average molecular weight is 347 g/mol. The van der Waals surface area contributed by atoms with E-state index in [2.05, 4.69) is 26.2 Å². The van der Waals surface area contributed by atoms with Crippen LogP contribution < -0.4 is 4.90 Å². The minimum Gasteiger partial charge on any atom is -0.350 e. The van der Waals surface area contributed by atoms with Crippen molar-refractivity contribution in [2.75, 3.05) is 31.1 Å². The predicted octanol–water partition coefficient (Wildman–Crippen LogP) is 1.27. The summed E-state index contributed by atoms with van der Waals surface area (Å²) in [5, 5.41) is 17.3. The first-order chi connectivity index (χ1) is 12.7. The number of amides is 1. The molecule has 3 aromatic rings. The van der Waals surface area contributed by atoms with Crippen LogP contribution in [-0.2, 0) is 0 Å². The van der Waals surface area contributed by atoms with Crippen molar-refractivity contribution in [1.82, 2.24) is 24.5 Å². The molecule has 1 aliphatic heterocycles. The van der Waals surface area contributed by atoms with E-state index in [1.54, 1.807) is 30.5 Å². The van der Waals surface area contributed by atoms with Gasteiger partial charge in [0, 0.05) is 44.1 Å². The lowest BCUT2D eigenvalue weighted by atomic mass is 10.1. The van der Waals surface area contributed by atoms with Crippen molar-refractivity contribution in [3.8, 4) is 6.07 Å². The molecule has 3 heterocycles. The molecule has 0 saturated carbocycles. The Balaban J connectivity index is 1.50. The fourth-order valence-corrected chi connectivity index (χ4v) is 3.18. The highest BCUT2D eigenvalue weighted by Crippen LogP contribution is 2.20. The number of aryl methyl sites for hydroxylation is 1. The third-order valence-electron chi connectivity index (χ3n) is 4.58. The minimum absolute atomic E-state index is 0.0498. The summed E-state index contributed by atoms with van der Waals surface area (Å²) in [6, 6.07) is 8.88. The average Bonchev–Trinajstić information content (AvgIpc) is 3.09. The molecule has 0 spiro atoms. The zero-order chi connectivity index (χ0) is 18.1. The van der Waals surface area contributed by atoms with Gasteiger partial charge in [-0.2, -0.15) is 5.26 Å². The standard InChI is InChI=1S/C18H17N7O/c1-13-21-22-17-16(20-5-6-25(13)17)23-7-9-24(10-8-23)18(26)15-4-2-3-14(11-15)12-19/h2-6,11H,7-10H2,1H3. The van der Waals surface area contributed by atoms with Crippen LogP contribution in [0.15, 0.2) is 36.7 Å². The topological polar surface area (TPSA) is 90.4 Å². The van der Waals surface area contributed by atoms with Gasteiger partial charge in [-0.1, -0.05) is 6.07 Å². The van der Waals surface area contributed by atoms with Crippen molar-refractivity contribution in [3.05, 3.63) is 53.6 Å². The molecule has 1 saturated heterocycles. The summed E-state index contributed by atoms with van der Waals surface area (Å²) in [7, 11) is 0. The van der Waals surface area contributed by atoms with E-state index in [9.17, 15) is 4.79 Å². The molecule has 0 atom stereocenters. The van der Waals surface area contributed by atoms with E-state index in [1.165, 1.54) is 0 Å². The van der Waals surface area contributed by atoms with Crippen LogP contribution in [0, 0.1) is 18.3 Å². The van der Waals surface area contributed by atoms with Gasteiger partial charge in [0.25, 0.3) is 5.91 Å². The second-order valence-electron chi connectivity index (χ2n) is 6.16. The fraction of sp³-hybridized carbons (Fsp3) is 0.278. The normalized spacial score (nSPS) is 14.5. The first-order valence-electron chi connectivity index (χ1n) is 8.38. The highest BCUT2D eigenvalue weighted by molar-refractivity contribution is 5.94. The fourth-order valence-electron chi connectivity index (χ4n) is 3.18. The summed E-state index contributed by atoms with van der Waals surface area (Å²) in [5.74, 6) is 1.55. The Morgan fingerprint density at radius 2 is 2.00 bits per heavy atom. The predicted molar refractivity (Wildman–Crippen MR) is 94.8 cm³/mol. The van der Waals surface area contributed by atoms with Crippen LogP contribution in [0.5, 0.6) is 0 Å². The van der Waals surface area contributed by atoms with E-state index in [-0.39, 0.29) is 5.91 Å². The number of aromatic nitrogens is 4. The van der Waals surface area contributed by atoms with E-state index in [0.29, 0.717) is 37.3 Å². The molecule has 1 aliphatic rings. The molecule has 0 bridgehead atoms. The number of benzene rings is 1. The Labute approximate surface area is 150 Å². The second kappa shape index (κ2) is 6.44. The maximum Gasteiger partial charge on any atom is 0.254 e. The van der Waals surface area contributed by atoms with Gasteiger partial charge in [-0.3, -0.25) is 9.20 Å². The maximum atomic E-state index is 12.7. The van der Waals surface area contributed by atoms with Gasteiger partial charge in [0.1, 0.15) is 5.82 Å². The molecule has 1 amide bonds. The number of rotatable bonds is 2. The zero-order valence-corrected chi connectivity index (χ0v) is 14.3. The van der Waals surface area contributed by atoms with Gasteiger partial charge in [0.2, 0.25) is 5.65 Å². The quantitative estimate of drug-likeness (QED) is 0.693. The monoisotopic (exact) mass is 347 g/mol. The van der Waals surface area contributed by atoms with Crippen LogP contribution in [0.1, 0.15) is 21.7 Å². The van der Waals surface area contributed by atoms with Gasteiger partial charge < -0.3 is 9.80 Å². The number of hydrogen-bond acceptors (Lipinski definition) is 6. The molecule has 0 radical (unpaired) electrons. The van der Waals surface area contributed by atoms with Gasteiger partial charge in [-0.25, -0.2) is 4.98 Å². The molecular weight excluding hydrogens is 330 g/mol. The number of piperazine rings is 1. The molecule has 2 aromatic heterocycles. The van der Waals surface area contributed by atoms with Crippen molar-refractivity contribution in [2.24, 2.45) is 0 Å². The Bertz CT molecular complexity index is 1010. The molecule has 8 nitrogen and oxygen atoms in total. The number of anilines is 1. The third kappa shape index (κ3) is 2.73. The highest BCUT2D eigenvalue weighted by Gasteiger charge is 2.24. The molecule has 130 valence electrons. The van der Waals surface area contributed by atoms with Crippen molar-refractivity contribution >= 4 is 17.4 Å². The molecule has 1 fully saturated rings. The first-order valence-corrected chi connectivity index (χ1v) is 8.38. The lowest BCUT2D eigenvalue weighted by Gasteiger charge is -2.35. The van der Waals surface area contributed by atoms with Crippen molar-refractivity contribution < 1.29 is 4.79 Å². The molecular formula is C18H17N7O. The summed E-state index contributed by atoms with van der Waals surface area (Å²) in [5.41, 5.74) is 1.77. The summed E-state index contributed by atoms with van der Waals surface area (Å²) >= 11 is 0. The first kappa shape index (κ1) is 16.0. The largest absolute Gasteiger partial charge is 0.350 e. The van der Waals surface area contributed by atoms with Gasteiger partial charge in [0.05, 0.1) is 11.6 Å². The van der Waals surface area contributed by atoms with E-state index in [0.717, 1.165) is 17.3 Å². The summed E-state index contributed by atoms with van der Waals surface area (Å²) < 4.78 is 1.91. The van der Waals surface area contributed by atoms with Gasteiger partial charge in [-0.05, 0) is 25.1 Å². The highest BCUT2D eigenvalue weighted by atomic mass is 16.2. The van der Waals surface area contributed by atoms with Gasteiger partial charge in [-0.15, -0.1) is 10.2 Å². The number of carbonyl (C=O) groups excluding carboxylic acids is 1. The van der Waals surface area contributed by atoms with E-state index in [4.69, 9.17) is 5.26 Å². The Kier molecular flexibility index (Phi) is 3.97. The maximum absolute atomic E-state index is 12.7. The van der Waals surface area contributed by atoms with Crippen LogP contribution in [0.4, 0.5) is 5.82 Å². The van der Waals surface area contributed by atoms with Crippen LogP contribution >= 0.6 is 0 Å². The summed E-state index contributed by atoms with van der Waals surface area (Å²) in [4.78, 5) is 21.1. The summed E-state index contributed by atoms with van der Waals surface area (Å²) in [6.45, 7) is 4.41.